The fourth-order valence-corrected chi connectivity index (χ4v) is 8.32. The number of alkyl halides is 2. The molecule has 44 heavy (non-hydrogen) atoms. The van der Waals surface area contributed by atoms with E-state index < -0.39 is 33.5 Å². The molecule has 2 bridgehead atoms. The van der Waals surface area contributed by atoms with Gasteiger partial charge in [-0.2, -0.15) is 13.5 Å². The standard InChI is InChI=1S/C32H36ClF2N3O5S/c1-42-29-16-21(8-13-28(29)33)32(34,35)30(31(39)38-23-9-10-24(38)18-22(36)17-23)37-44(40,41)27-12-7-19-14-26(11-6-20(19)15-27)43-25-4-2-3-5-25/h6-8,11-16,22-25,30,37H,2-5,9-10,17-18,36H2,1H3/t22?,23?,24?,30-/m1/s1. The minimum absolute atomic E-state index is 0.0206. The van der Waals surface area contributed by atoms with Crippen LogP contribution < -0.4 is 19.9 Å². The molecule has 3 aromatic carbocycles. The Hall–Kier alpha value is -2.99. The summed E-state index contributed by atoms with van der Waals surface area (Å²) in [5, 5.41) is 1.44. The van der Waals surface area contributed by atoms with Crippen molar-refractivity contribution in [1.29, 1.82) is 0 Å². The third-order valence-corrected chi connectivity index (χ3v) is 10.9. The summed E-state index contributed by atoms with van der Waals surface area (Å²) in [6.45, 7) is 0. The van der Waals surface area contributed by atoms with Crippen LogP contribution in [0.5, 0.6) is 11.5 Å². The molecule has 2 saturated heterocycles. The van der Waals surface area contributed by atoms with Crippen molar-refractivity contribution in [3.63, 3.8) is 0 Å². The highest BCUT2D eigenvalue weighted by molar-refractivity contribution is 7.89. The number of rotatable bonds is 9. The number of benzene rings is 3. The van der Waals surface area contributed by atoms with Crippen molar-refractivity contribution in [2.45, 2.75) is 92.5 Å². The molecule has 3 atom stereocenters. The van der Waals surface area contributed by atoms with Gasteiger partial charge in [-0.15, -0.1) is 0 Å². The lowest BCUT2D eigenvalue weighted by atomic mass is 9.94. The fraction of sp³-hybridized carbons (Fsp3) is 0.469. The van der Waals surface area contributed by atoms with Crippen molar-refractivity contribution >= 4 is 38.3 Å². The number of sulfonamides is 1. The minimum atomic E-state index is -4.59. The number of nitrogens with two attached hydrogens (primary N) is 1. The van der Waals surface area contributed by atoms with E-state index in [-0.39, 0.29) is 39.9 Å². The summed E-state index contributed by atoms with van der Waals surface area (Å²) in [5.41, 5.74) is 5.56. The Morgan fingerprint density at radius 2 is 1.66 bits per heavy atom. The van der Waals surface area contributed by atoms with E-state index in [1.807, 2.05) is 6.07 Å². The van der Waals surface area contributed by atoms with Crippen molar-refractivity contribution in [1.82, 2.24) is 9.62 Å². The van der Waals surface area contributed by atoms with Gasteiger partial charge in [0.05, 0.1) is 23.1 Å². The van der Waals surface area contributed by atoms with Gasteiger partial charge in [0.2, 0.25) is 15.9 Å². The maximum Gasteiger partial charge on any atom is 0.298 e. The van der Waals surface area contributed by atoms with Gasteiger partial charge in [-0.3, -0.25) is 4.79 Å². The van der Waals surface area contributed by atoms with Crippen LogP contribution in [0.2, 0.25) is 5.02 Å². The molecule has 1 amide bonds. The topological polar surface area (TPSA) is 111 Å². The third-order valence-electron chi connectivity index (χ3n) is 9.14. The first-order valence-corrected chi connectivity index (χ1v) is 16.8. The number of piperidine rings is 1. The summed E-state index contributed by atoms with van der Waals surface area (Å²) < 4.78 is 73.6. The van der Waals surface area contributed by atoms with Crippen LogP contribution in [-0.4, -0.2) is 56.6 Å². The quantitative estimate of drug-likeness (QED) is 0.306. The highest BCUT2D eigenvalue weighted by Gasteiger charge is 2.53. The van der Waals surface area contributed by atoms with E-state index in [9.17, 15) is 13.2 Å². The first kappa shape index (κ1) is 31.0. The molecule has 1 saturated carbocycles. The van der Waals surface area contributed by atoms with Gasteiger partial charge < -0.3 is 20.1 Å². The molecule has 8 nitrogen and oxygen atoms in total. The summed E-state index contributed by atoms with van der Waals surface area (Å²) >= 11 is 6.08. The molecule has 0 aromatic heterocycles. The average Bonchev–Trinajstić information content (AvgIpc) is 3.60. The van der Waals surface area contributed by atoms with Crippen molar-refractivity contribution in [2.24, 2.45) is 5.73 Å². The second kappa shape index (κ2) is 12.1. The maximum absolute atomic E-state index is 16.4. The molecule has 2 unspecified atom stereocenters. The number of carbonyl (C=O) groups excluding carboxylic acids is 1. The molecular weight excluding hydrogens is 612 g/mol. The van der Waals surface area contributed by atoms with Crippen molar-refractivity contribution in [2.75, 3.05) is 7.11 Å². The lowest BCUT2D eigenvalue weighted by molar-refractivity contribution is -0.149. The van der Waals surface area contributed by atoms with E-state index in [4.69, 9.17) is 26.8 Å². The van der Waals surface area contributed by atoms with Crippen LogP contribution in [0.15, 0.2) is 59.5 Å². The Kier molecular flexibility index (Phi) is 8.51. The lowest BCUT2D eigenvalue weighted by Crippen LogP contribution is -2.60. The minimum Gasteiger partial charge on any atom is -0.495 e. The zero-order valence-corrected chi connectivity index (χ0v) is 25.9. The SMILES string of the molecule is COc1cc(C(F)(F)[C@H](NS(=O)(=O)c2ccc3cc(OC4CCCC4)ccc3c2)C(=O)N2C3CCC2CC(N)C3)ccc1Cl. The van der Waals surface area contributed by atoms with Crippen LogP contribution in [0, 0.1) is 0 Å². The van der Waals surface area contributed by atoms with E-state index in [0.29, 0.717) is 36.8 Å². The maximum atomic E-state index is 16.4. The largest absolute Gasteiger partial charge is 0.495 e. The number of amides is 1. The number of fused-ring (bicyclic) bond motifs is 3. The number of hydrogen-bond acceptors (Lipinski definition) is 6. The number of halogens is 3. The van der Waals surface area contributed by atoms with Gasteiger partial charge in [0.1, 0.15) is 11.5 Å². The Labute approximate surface area is 260 Å². The summed E-state index contributed by atoms with van der Waals surface area (Å²) in [5.74, 6) is -4.27. The third kappa shape index (κ3) is 5.99. The molecule has 6 rings (SSSR count). The molecule has 0 spiro atoms. The molecule has 3 aromatic rings. The molecule has 3 aliphatic rings. The number of hydrogen-bond donors (Lipinski definition) is 2. The van der Waals surface area contributed by atoms with Crippen LogP contribution in [0.3, 0.4) is 0 Å². The Balaban J connectivity index is 1.33. The normalized spacial score (nSPS) is 23.2. The zero-order valence-electron chi connectivity index (χ0n) is 24.3. The van der Waals surface area contributed by atoms with Crippen LogP contribution >= 0.6 is 11.6 Å². The second-order valence-electron chi connectivity index (χ2n) is 12.1. The molecule has 3 N–H and O–H groups in total. The molecule has 236 valence electrons. The van der Waals surface area contributed by atoms with Gasteiger partial charge in [-0.25, -0.2) is 8.42 Å². The van der Waals surface area contributed by atoms with Gasteiger partial charge in [0, 0.05) is 23.7 Å². The first-order valence-electron chi connectivity index (χ1n) is 15.0. The molecule has 12 heteroatoms. The van der Waals surface area contributed by atoms with E-state index >= 15 is 8.78 Å². The molecule has 3 fully saturated rings. The Bertz CT molecular complexity index is 1650. The van der Waals surface area contributed by atoms with Crippen LogP contribution in [0.25, 0.3) is 10.8 Å². The highest BCUT2D eigenvalue weighted by Crippen LogP contribution is 2.41. The van der Waals surface area contributed by atoms with Crippen molar-refractivity contribution < 1.29 is 31.5 Å². The monoisotopic (exact) mass is 647 g/mol. The average molecular weight is 648 g/mol. The number of carbonyl (C=O) groups is 1. The molecular formula is C32H36ClF2N3O5S. The van der Waals surface area contributed by atoms with Gasteiger partial charge in [0.15, 0.2) is 6.04 Å². The molecule has 2 heterocycles. The van der Waals surface area contributed by atoms with E-state index in [1.165, 1.54) is 30.2 Å². The predicted octanol–water partition coefficient (Wildman–Crippen LogP) is 5.74. The Morgan fingerprint density at radius 3 is 2.34 bits per heavy atom. The second-order valence-corrected chi connectivity index (χ2v) is 14.2. The van der Waals surface area contributed by atoms with Gasteiger partial charge in [0.25, 0.3) is 5.92 Å². The number of ether oxygens (including phenoxy) is 2. The van der Waals surface area contributed by atoms with Gasteiger partial charge in [-0.05, 0) is 98.5 Å². The van der Waals surface area contributed by atoms with Crippen molar-refractivity contribution in [3.05, 3.63) is 65.2 Å². The lowest BCUT2D eigenvalue weighted by Gasteiger charge is -2.41. The zero-order chi connectivity index (χ0) is 31.2. The van der Waals surface area contributed by atoms with Crippen LogP contribution in [0.1, 0.15) is 56.9 Å². The van der Waals surface area contributed by atoms with E-state index in [0.717, 1.165) is 43.2 Å². The highest BCUT2D eigenvalue weighted by atomic mass is 35.5. The van der Waals surface area contributed by atoms with Crippen molar-refractivity contribution in [3.8, 4) is 11.5 Å². The number of nitrogens with one attached hydrogen (secondary N) is 1. The summed E-state index contributed by atoms with van der Waals surface area (Å²) in [4.78, 5) is 15.2. The summed E-state index contributed by atoms with van der Waals surface area (Å²) in [6.07, 6.45) is 6.62. The van der Waals surface area contributed by atoms with Gasteiger partial charge >= 0.3 is 0 Å². The molecule has 1 aliphatic carbocycles. The predicted molar refractivity (Wildman–Crippen MR) is 164 cm³/mol. The first-order chi connectivity index (χ1) is 21.0. The van der Waals surface area contributed by atoms with E-state index in [1.54, 1.807) is 18.2 Å². The summed E-state index contributed by atoms with van der Waals surface area (Å²) in [6, 6.07) is 9.81. The summed E-state index contributed by atoms with van der Waals surface area (Å²) in [7, 11) is -3.31. The number of nitrogens with zero attached hydrogens (tertiary/aromatic N) is 1. The van der Waals surface area contributed by atoms with Crippen LogP contribution in [0.4, 0.5) is 8.78 Å². The molecule has 2 aliphatic heterocycles. The van der Waals surface area contributed by atoms with Crippen LogP contribution in [-0.2, 0) is 20.7 Å². The fourth-order valence-electron chi connectivity index (χ4n) is 6.91. The smallest absolute Gasteiger partial charge is 0.298 e. The van der Waals surface area contributed by atoms with Gasteiger partial charge in [-0.1, -0.05) is 29.8 Å². The number of methoxy groups -OCH3 is 1. The van der Waals surface area contributed by atoms with E-state index in [2.05, 4.69) is 4.72 Å². The molecule has 0 radical (unpaired) electrons. The Morgan fingerprint density at radius 1 is 1.00 bits per heavy atom.